The van der Waals surface area contributed by atoms with Crippen molar-refractivity contribution in [2.75, 3.05) is 0 Å². The van der Waals surface area contributed by atoms with Crippen LogP contribution in [0.5, 0.6) is 0 Å². The molecule has 0 radical (unpaired) electrons. The molecule has 5 aromatic carbocycles. The smallest absolute Gasteiger partial charge is 0.128 e. The average molecular weight is 1240 g/mol. The highest BCUT2D eigenvalue weighted by atomic mass is 32.1. The molecule has 8 nitrogen and oxygen atoms in total. The molecule has 0 unspecified atom stereocenters. The number of rotatable bonds is 14. The maximum Gasteiger partial charge on any atom is 0.128 e. The molecular formula is C80H98N6O2S2. The second-order valence-electron chi connectivity index (χ2n) is 20.7. The lowest BCUT2D eigenvalue weighted by molar-refractivity contribution is 0.567. The summed E-state index contributed by atoms with van der Waals surface area (Å²) in [5.74, 6) is 2.85. The minimum Gasteiger partial charge on any atom is -0.473 e. The minimum atomic E-state index is 0.929. The molecule has 12 aromatic rings. The Balaban J connectivity index is 0.000000267. The van der Waals surface area contributed by atoms with Crippen LogP contribution in [0.15, 0.2) is 274 Å². The lowest BCUT2D eigenvalue weighted by atomic mass is 10.0. The molecule has 0 amide bonds. The van der Waals surface area contributed by atoms with Gasteiger partial charge in [-0.2, -0.15) is 22.7 Å². The highest BCUT2D eigenvalue weighted by molar-refractivity contribution is 7.08. The van der Waals surface area contributed by atoms with E-state index in [1.807, 2.05) is 139 Å². The maximum absolute atomic E-state index is 4.58. The van der Waals surface area contributed by atoms with E-state index in [2.05, 4.69) is 209 Å². The first kappa shape index (κ1) is 75.5. The van der Waals surface area contributed by atoms with Gasteiger partial charge in [0, 0.05) is 54.8 Å². The normalized spacial score (nSPS) is 9.53. The molecule has 0 bridgehead atoms. The second-order valence-corrected chi connectivity index (χ2v) is 22.3. The molecule has 0 aliphatic heterocycles. The van der Waals surface area contributed by atoms with Crippen LogP contribution in [-0.4, -0.2) is 29.9 Å². The average Bonchev–Trinajstić information content (AvgIpc) is 4.41. The Morgan fingerprint density at radius 2 is 0.644 bits per heavy atom. The molecule has 0 aliphatic carbocycles. The number of hydrogen-bond acceptors (Lipinski definition) is 10. The summed E-state index contributed by atoms with van der Waals surface area (Å²) in [5, 5.41) is 8.17. The zero-order valence-electron chi connectivity index (χ0n) is 55.2. The predicted octanol–water partition coefficient (Wildman–Crippen LogP) is 22.8. The van der Waals surface area contributed by atoms with E-state index in [0.29, 0.717) is 0 Å². The van der Waals surface area contributed by atoms with Gasteiger partial charge in [-0.25, -0.2) is 29.9 Å². The van der Waals surface area contributed by atoms with Gasteiger partial charge in [0.25, 0.3) is 0 Å². The Morgan fingerprint density at radius 3 is 0.978 bits per heavy atom. The topological polar surface area (TPSA) is 104 Å². The van der Waals surface area contributed by atoms with Crippen molar-refractivity contribution < 1.29 is 8.83 Å². The van der Waals surface area contributed by atoms with Gasteiger partial charge in [0.05, 0.1) is 30.7 Å². The standard InChI is InChI=1S/C15H16.C13H14N2.2C10H14.2C8H12N2.2C4H4O.2C4H4S/c1-2-7-13-8-6-11-15(12-13)14-9-4-3-5-10-14;1-2-6-13-14-10-9-12(15-13)11-7-4-3-5-8-11;2*1-3-5-10-7-4-6-9(2)8-10;2*1-3-4-8-9-6-5-7(2)10-8;4*1-2-4-5-3-1/h3-6,8-12H,2,7H2,1H3;3-5,7-10H,2,6H2,1H3;2*4,6-8H,3,5H2,1-2H3;2*5-6H,3-4H2,1-2H3;4*1-4H. The van der Waals surface area contributed by atoms with E-state index in [0.717, 1.165) is 78.6 Å². The van der Waals surface area contributed by atoms with Crippen molar-refractivity contribution in [2.45, 2.75) is 146 Å². The Morgan fingerprint density at radius 1 is 0.300 bits per heavy atom. The van der Waals surface area contributed by atoms with Crippen molar-refractivity contribution >= 4 is 22.7 Å². The van der Waals surface area contributed by atoms with Crippen molar-refractivity contribution in [2.24, 2.45) is 0 Å². The number of furan rings is 2. The van der Waals surface area contributed by atoms with E-state index in [1.165, 1.54) is 77.5 Å². The Hall–Kier alpha value is -8.70. The van der Waals surface area contributed by atoms with Crippen molar-refractivity contribution in [1.82, 2.24) is 29.9 Å². The van der Waals surface area contributed by atoms with E-state index >= 15 is 0 Å². The van der Waals surface area contributed by atoms with Gasteiger partial charge in [0.2, 0.25) is 0 Å². The number of benzene rings is 5. The third kappa shape index (κ3) is 37.9. The molecule has 7 heterocycles. The van der Waals surface area contributed by atoms with E-state index in [1.54, 1.807) is 47.7 Å². The fraction of sp³-hybridized carbons (Fsp3) is 0.275. The largest absolute Gasteiger partial charge is 0.473 e. The molecule has 90 heavy (non-hydrogen) atoms. The summed E-state index contributed by atoms with van der Waals surface area (Å²) in [7, 11) is 0. The summed E-state index contributed by atoms with van der Waals surface area (Å²) >= 11 is 3.43. The molecule has 0 N–H and O–H groups in total. The molecule has 0 saturated heterocycles. The molecular weight excluding hydrogens is 1140 g/mol. The summed E-state index contributed by atoms with van der Waals surface area (Å²) in [5.41, 5.74) is 14.0. The summed E-state index contributed by atoms with van der Waals surface area (Å²) in [6.45, 7) is 21.3. The van der Waals surface area contributed by atoms with Gasteiger partial charge in [-0.1, -0.05) is 230 Å². The van der Waals surface area contributed by atoms with Crippen molar-refractivity contribution in [3.05, 3.63) is 322 Å². The molecule has 0 atom stereocenters. The van der Waals surface area contributed by atoms with Crippen LogP contribution in [0.3, 0.4) is 0 Å². The number of thiophene rings is 2. The molecule has 7 aromatic heterocycles. The van der Waals surface area contributed by atoms with Gasteiger partial charge in [-0.3, -0.25) is 0 Å². The number of hydrogen-bond donors (Lipinski definition) is 0. The molecule has 0 fully saturated rings. The van der Waals surface area contributed by atoms with Crippen molar-refractivity contribution in [3.63, 3.8) is 0 Å². The minimum absolute atomic E-state index is 0.929. The maximum atomic E-state index is 4.58. The van der Waals surface area contributed by atoms with Gasteiger partial charge < -0.3 is 8.83 Å². The van der Waals surface area contributed by atoms with E-state index < -0.39 is 0 Å². The summed E-state index contributed by atoms with van der Waals surface area (Å²) in [6.07, 6.45) is 25.5. The van der Waals surface area contributed by atoms with Crippen LogP contribution in [0.4, 0.5) is 0 Å². The van der Waals surface area contributed by atoms with Crippen LogP contribution in [0.2, 0.25) is 0 Å². The molecule has 12 rings (SSSR count). The number of aromatic nitrogens is 6. The van der Waals surface area contributed by atoms with Crippen LogP contribution in [0.1, 0.15) is 137 Å². The van der Waals surface area contributed by atoms with E-state index in [4.69, 9.17) is 0 Å². The van der Waals surface area contributed by atoms with Crippen LogP contribution >= 0.6 is 22.7 Å². The lowest BCUT2D eigenvalue weighted by Crippen LogP contribution is -1.95. The zero-order chi connectivity index (χ0) is 64.8. The molecule has 0 spiro atoms. The Labute approximate surface area is 548 Å². The quantitative estimate of drug-likeness (QED) is 0.106. The zero-order valence-corrected chi connectivity index (χ0v) is 56.8. The summed E-state index contributed by atoms with van der Waals surface area (Å²) < 4.78 is 9.17. The van der Waals surface area contributed by atoms with Crippen LogP contribution in [0, 0.1) is 27.7 Å². The second kappa shape index (κ2) is 51.2. The van der Waals surface area contributed by atoms with Crippen LogP contribution in [0.25, 0.3) is 22.4 Å². The fourth-order valence-electron chi connectivity index (χ4n) is 8.25. The highest BCUT2D eigenvalue weighted by Crippen LogP contribution is 2.21. The molecule has 0 saturated carbocycles. The number of nitrogens with zero attached hydrogens (tertiary/aromatic N) is 6. The lowest BCUT2D eigenvalue weighted by Gasteiger charge is -2.04. The predicted molar refractivity (Wildman–Crippen MR) is 385 cm³/mol. The van der Waals surface area contributed by atoms with Gasteiger partial charge in [-0.15, -0.1) is 0 Å². The highest BCUT2D eigenvalue weighted by Gasteiger charge is 2.01. The summed E-state index contributed by atoms with van der Waals surface area (Å²) in [6, 6.07) is 68.2. The van der Waals surface area contributed by atoms with Gasteiger partial charge in [0.1, 0.15) is 17.5 Å². The Kier molecular flexibility index (Phi) is 43.0. The van der Waals surface area contributed by atoms with Crippen molar-refractivity contribution in [3.8, 4) is 22.4 Å². The van der Waals surface area contributed by atoms with Crippen LogP contribution < -0.4 is 0 Å². The van der Waals surface area contributed by atoms with Gasteiger partial charge in [0.15, 0.2) is 0 Å². The monoisotopic (exact) mass is 1240 g/mol. The van der Waals surface area contributed by atoms with Gasteiger partial charge >= 0.3 is 0 Å². The molecule has 0 aliphatic rings. The molecule has 472 valence electrons. The Bertz CT molecular complexity index is 3020. The summed E-state index contributed by atoms with van der Waals surface area (Å²) in [4.78, 5) is 25.5. The van der Waals surface area contributed by atoms with E-state index in [-0.39, 0.29) is 0 Å². The first-order valence-electron chi connectivity index (χ1n) is 31.7. The SMILES string of the molecule is CCCc1cccc(-c2ccccc2)c1.CCCc1cccc(C)c1.CCCc1cccc(C)c1.CCCc1nccc(-c2ccccc2)n1.CCCc1nccc(C)n1.CCCc1nccc(C)n1.c1ccoc1.c1ccoc1.c1ccsc1.c1ccsc1. The van der Waals surface area contributed by atoms with E-state index in [9.17, 15) is 0 Å². The van der Waals surface area contributed by atoms with Crippen LogP contribution in [-0.2, 0) is 38.5 Å². The van der Waals surface area contributed by atoms with Gasteiger partial charge in [-0.05, 0) is 158 Å². The third-order valence-corrected chi connectivity index (χ3v) is 13.7. The molecule has 10 heteroatoms. The number of aryl methyl sites for hydroxylation is 10. The first-order chi connectivity index (χ1) is 44.1. The fourth-order valence-corrected chi connectivity index (χ4v) is 9.16. The van der Waals surface area contributed by atoms with Crippen molar-refractivity contribution in [1.29, 1.82) is 0 Å². The first-order valence-corrected chi connectivity index (χ1v) is 33.6. The third-order valence-electron chi connectivity index (χ3n) is 12.4.